The molecule has 116 valence electrons. The number of ether oxygens (including phenoxy) is 1. The van der Waals surface area contributed by atoms with E-state index in [4.69, 9.17) is 10.5 Å². The molecule has 0 aromatic heterocycles. The summed E-state index contributed by atoms with van der Waals surface area (Å²) < 4.78 is 4.93. The van der Waals surface area contributed by atoms with Gasteiger partial charge in [0.05, 0.1) is 6.61 Å². The van der Waals surface area contributed by atoms with Gasteiger partial charge < -0.3 is 15.4 Å². The molecule has 0 amide bonds. The summed E-state index contributed by atoms with van der Waals surface area (Å²) in [6, 6.07) is 6.22. The molecule has 0 saturated heterocycles. The van der Waals surface area contributed by atoms with Crippen LogP contribution in [0.1, 0.15) is 44.6 Å². The molecular formula is C17H26N2O2. The first-order valence-corrected chi connectivity index (χ1v) is 7.99. The third kappa shape index (κ3) is 4.66. The van der Waals surface area contributed by atoms with E-state index in [-0.39, 0.29) is 5.97 Å². The fraction of sp³-hybridized carbons (Fsp3) is 0.588. The van der Waals surface area contributed by atoms with E-state index < -0.39 is 0 Å². The number of benzene rings is 1. The molecular weight excluding hydrogens is 264 g/mol. The highest BCUT2D eigenvalue weighted by molar-refractivity contribution is 5.69. The quantitative estimate of drug-likeness (QED) is 0.476. The number of aryl methyl sites for hydroxylation is 1. The second-order valence-electron chi connectivity index (χ2n) is 5.59. The van der Waals surface area contributed by atoms with E-state index in [2.05, 4.69) is 17.0 Å². The van der Waals surface area contributed by atoms with E-state index in [1.807, 2.05) is 13.0 Å². The molecule has 1 aromatic carbocycles. The van der Waals surface area contributed by atoms with Crippen LogP contribution in [0.25, 0.3) is 0 Å². The molecule has 4 nitrogen and oxygen atoms in total. The van der Waals surface area contributed by atoms with Crippen LogP contribution in [-0.4, -0.2) is 25.7 Å². The Labute approximate surface area is 127 Å². The smallest absolute Gasteiger partial charge is 0.305 e. The SMILES string of the molecule is CCOC(=O)CCCCCN1CCCc2cc(N)ccc21. The van der Waals surface area contributed by atoms with Crippen molar-refractivity contribution in [2.24, 2.45) is 0 Å². The van der Waals surface area contributed by atoms with Crippen LogP contribution in [0.3, 0.4) is 0 Å². The number of nitrogen functional groups attached to an aromatic ring is 1. The van der Waals surface area contributed by atoms with E-state index in [1.165, 1.54) is 17.7 Å². The second kappa shape index (κ2) is 7.91. The van der Waals surface area contributed by atoms with Gasteiger partial charge in [-0.3, -0.25) is 4.79 Å². The standard InChI is InChI=1S/C17H26N2O2/c1-2-21-17(20)8-4-3-5-11-19-12-6-7-14-13-15(18)9-10-16(14)19/h9-10,13H,2-8,11-12,18H2,1H3. The lowest BCUT2D eigenvalue weighted by Gasteiger charge is -2.31. The second-order valence-corrected chi connectivity index (χ2v) is 5.59. The summed E-state index contributed by atoms with van der Waals surface area (Å²) in [5.41, 5.74) is 9.41. The highest BCUT2D eigenvalue weighted by Crippen LogP contribution is 2.29. The summed E-state index contributed by atoms with van der Waals surface area (Å²) in [6.45, 7) is 4.50. The molecule has 0 atom stereocenters. The Morgan fingerprint density at radius 2 is 2.19 bits per heavy atom. The zero-order valence-corrected chi connectivity index (χ0v) is 12.9. The Morgan fingerprint density at radius 3 is 3.00 bits per heavy atom. The van der Waals surface area contributed by atoms with Crippen molar-refractivity contribution in [3.63, 3.8) is 0 Å². The molecule has 0 bridgehead atoms. The van der Waals surface area contributed by atoms with Gasteiger partial charge in [0.1, 0.15) is 0 Å². The Morgan fingerprint density at radius 1 is 1.33 bits per heavy atom. The van der Waals surface area contributed by atoms with E-state index >= 15 is 0 Å². The first-order valence-electron chi connectivity index (χ1n) is 7.99. The largest absolute Gasteiger partial charge is 0.466 e. The molecule has 2 rings (SSSR count). The first-order chi connectivity index (χ1) is 10.2. The maximum Gasteiger partial charge on any atom is 0.305 e. The molecule has 0 radical (unpaired) electrons. The number of nitrogens with two attached hydrogens (primary N) is 1. The van der Waals surface area contributed by atoms with Crippen molar-refractivity contribution in [2.75, 3.05) is 30.3 Å². The molecule has 0 aliphatic carbocycles. The molecule has 0 saturated carbocycles. The number of hydrogen-bond donors (Lipinski definition) is 1. The summed E-state index contributed by atoms with van der Waals surface area (Å²) in [6.07, 6.45) is 5.96. The van der Waals surface area contributed by atoms with Crippen LogP contribution in [0.4, 0.5) is 11.4 Å². The predicted molar refractivity (Wildman–Crippen MR) is 86.5 cm³/mol. The van der Waals surface area contributed by atoms with Gasteiger partial charge in [-0.15, -0.1) is 0 Å². The van der Waals surface area contributed by atoms with E-state index in [1.54, 1.807) is 0 Å². The van der Waals surface area contributed by atoms with Crippen LogP contribution >= 0.6 is 0 Å². The minimum absolute atomic E-state index is 0.0729. The van der Waals surface area contributed by atoms with Crippen LogP contribution in [0.5, 0.6) is 0 Å². The van der Waals surface area contributed by atoms with Gasteiger partial charge in [-0.05, 0) is 56.4 Å². The zero-order valence-electron chi connectivity index (χ0n) is 12.9. The van der Waals surface area contributed by atoms with Crippen molar-refractivity contribution in [1.29, 1.82) is 0 Å². The Hall–Kier alpha value is -1.71. The average molecular weight is 290 g/mol. The molecule has 0 spiro atoms. The molecule has 1 aliphatic rings. The van der Waals surface area contributed by atoms with E-state index in [0.717, 1.165) is 44.5 Å². The lowest BCUT2D eigenvalue weighted by atomic mass is 10.0. The molecule has 0 unspecified atom stereocenters. The topological polar surface area (TPSA) is 55.6 Å². The van der Waals surface area contributed by atoms with Crippen LogP contribution < -0.4 is 10.6 Å². The third-order valence-electron chi connectivity index (χ3n) is 3.93. The van der Waals surface area contributed by atoms with Crippen molar-refractivity contribution in [2.45, 2.75) is 45.4 Å². The minimum Gasteiger partial charge on any atom is -0.466 e. The predicted octanol–water partition coefficient (Wildman–Crippen LogP) is 3.14. The number of fused-ring (bicyclic) bond motifs is 1. The van der Waals surface area contributed by atoms with Crippen LogP contribution in [0.15, 0.2) is 18.2 Å². The number of hydrogen-bond acceptors (Lipinski definition) is 4. The van der Waals surface area contributed by atoms with Crippen molar-refractivity contribution < 1.29 is 9.53 Å². The molecule has 1 aliphatic heterocycles. The highest BCUT2D eigenvalue weighted by Gasteiger charge is 2.16. The summed E-state index contributed by atoms with van der Waals surface area (Å²) in [5, 5.41) is 0. The molecule has 2 N–H and O–H groups in total. The number of carbonyl (C=O) groups excluding carboxylic acids is 1. The van der Waals surface area contributed by atoms with Crippen LogP contribution in [-0.2, 0) is 16.0 Å². The number of unbranched alkanes of at least 4 members (excludes halogenated alkanes) is 2. The van der Waals surface area contributed by atoms with Crippen molar-refractivity contribution in [3.05, 3.63) is 23.8 Å². The Bertz CT molecular complexity index is 474. The summed E-state index contributed by atoms with van der Waals surface area (Å²) in [4.78, 5) is 13.7. The van der Waals surface area contributed by atoms with Gasteiger partial charge in [-0.25, -0.2) is 0 Å². The summed E-state index contributed by atoms with van der Waals surface area (Å²) >= 11 is 0. The first kappa shape index (κ1) is 15.7. The molecule has 1 heterocycles. The van der Waals surface area contributed by atoms with E-state index in [0.29, 0.717) is 13.0 Å². The normalized spacial score (nSPS) is 13.9. The number of esters is 1. The van der Waals surface area contributed by atoms with Crippen molar-refractivity contribution in [3.8, 4) is 0 Å². The van der Waals surface area contributed by atoms with Gasteiger partial charge in [0, 0.05) is 30.9 Å². The van der Waals surface area contributed by atoms with E-state index in [9.17, 15) is 4.79 Å². The molecule has 4 heteroatoms. The van der Waals surface area contributed by atoms with Gasteiger partial charge >= 0.3 is 5.97 Å². The van der Waals surface area contributed by atoms with Gasteiger partial charge in [-0.1, -0.05) is 6.42 Å². The molecule has 21 heavy (non-hydrogen) atoms. The fourth-order valence-corrected chi connectivity index (χ4v) is 2.91. The molecule has 0 fully saturated rings. The summed E-state index contributed by atoms with van der Waals surface area (Å²) in [7, 11) is 0. The maximum absolute atomic E-state index is 11.3. The fourth-order valence-electron chi connectivity index (χ4n) is 2.91. The van der Waals surface area contributed by atoms with Gasteiger partial charge in [0.2, 0.25) is 0 Å². The number of nitrogens with zero attached hydrogens (tertiary/aromatic N) is 1. The van der Waals surface area contributed by atoms with Crippen molar-refractivity contribution >= 4 is 17.3 Å². The van der Waals surface area contributed by atoms with Gasteiger partial charge in [0.25, 0.3) is 0 Å². The van der Waals surface area contributed by atoms with Crippen molar-refractivity contribution in [1.82, 2.24) is 0 Å². The number of carbonyl (C=O) groups is 1. The average Bonchev–Trinajstić information content (AvgIpc) is 2.47. The maximum atomic E-state index is 11.3. The number of anilines is 2. The lowest BCUT2D eigenvalue weighted by Crippen LogP contribution is -2.30. The summed E-state index contributed by atoms with van der Waals surface area (Å²) in [5.74, 6) is -0.0729. The highest BCUT2D eigenvalue weighted by atomic mass is 16.5. The molecule has 1 aromatic rings. The monoisotopic (exact) mass is 290 g/mol. The van der Waals surface area contributed by atoms with Gasteiger partial charge in [0.15, 0.2) is 0 Å². The Kier molecular flexibility index (Phi) is 5.90. The minimum atomic E-state index is -0.0729. The Balaban J connectivity index is 1.74. The third-order valence-corrected chi connectivity index (χ3v) is 3.93. The lowest BCUT2D eigenvalue weighted by molar-refractivity contribution is -0.143. The van der Waals surface area contributed by atoms with Gasteiger partial charge in [-0.2, -0.15) is 0 Å². The van der Waals surface area contributed by atoms with Crippen LogP contribution in [0, 0.1) is 0 Å². The zero-order chi connectivity index (χ0) is 15.1. The van der Waals surface area contributed by atoms with Crippen LogP contribution in [0.2, 0.25) is 0 Å². The number of rotatable bonds is 7.